The lowest BCUT2D eigenvalue weighted by Gasteiger charge is -2.03. The lowest BCUT2D eigenvalue weighted by atomic mass is 10.3. The number of fused-ring (bicyclic) bond motifs is 1. The highest BCUT2D eigenvalue weighted by Gasteiger charge is 2.08. The first-order valence-corrected chi connectivity index (χ1v) is 5.46. The lowest BCUT2D eigenvalue weighted by Crippen LogP contribution is -2.07. The second-order valence-electron chi connectivity index (χ2n) is 3.62. The molecule has 0 atom stereocenters. The summed E-state index contributed by atoms with van der Waals surface area (Å²) in [5.74, 6) is 0. The van der Waals surface area contributed by atoms with Gasteiger partial charge in [-0.15, -0.1) is 0 Å². The van der Waals surface area contributed by atoms with Gasteiger partial charge in [-0.1, -0.05) is 18.2 Å². The largest absolute Gasteiger partial charge is 0.301 e. The van der Waals surface area contributed by atoms with Crippen LogP contribution in [0.3, 0.4) is 0 Å². The molecule has 0 fully saturated rings. The van der Waals surface area contributed by atoms with Crippen LogP contribution in [-0.2, 0) is 0 Å². The van der Waals surface area contributed by atoms with Crippen molar-refractivity contribution < 1.29 is 0 Å². The van der Waals surface area contributed by atoms with Gasteiger partial charge >= 0.3 is 0 Å². The van der Waals surface area contributed by atoms with Crippen molar-refractivity contribution in [2.24, 2.45) is 0 Å². The van der Waals surface area contributed by atoms with Crippen molar-refractivity contribution in [3.05, 3.63) is 58.2 Å². The van der Waals surface area contributed by atoms with Crippen molar-refractivity contribution in [1.82, 2.24) is 14.5 Å². The molecule has 1 N–H and O–H groups in total. The van der Waals surface area contributed by atoms with E-state index in [2.05, 4.69) is 9.97 Å². The van der Waals surface area contributed by atoms with Crippen LogP contribution in [0.25, 0.3) is 16.7 Å². The summed E-state index contributed by atoms with van der Waals surface area (Å²) in [7, 11) is 0. The van der Waals surface area contributed by atoms with Gasteiger partial charge in [0.2, 0.25) is 5.28 Å². The van der Waals surface area contributed by atoms with Crippen molar-refractivity contribution in [1.29, 1.82) is 0 Å². The quantitative estimate of drug-likeness (QED) is 0.669. The molecule has 2 heterocycles. The Kier molecular flexibility index (Phi) is 2.23. The summed E-state index contributed by atoms with van der Waals surface area (Å²) in [6.45, 7) is 0. The highest BCUT2D eigenvalue weighted by molar-refractivity contribution is 6.28. The van der Waals surface area contributed by atoms with E-state index in [1.165, 1.54) is 0 Å². The van der Waals surface area contributed by atoms with E-state index in [1.54, 1.807) is 12.3 Å². The number of hydrogen-bond acceptors (Lipinski definition) is 2. The highest BCUT2D eigenvalue weighted by Crippen LogP contribution is 2.16. The molecule has 84 valence electrons. The number of nitrogens with zero attached hydrogens (tertiary/aromatic N) is 2. The minimum atomic E-state index is -0.227. The number of halogens is 1. The summed E-state index contributed by atoms with van der Waals surface area (Å²) < 4.78 is 1.83. The van der Waals surface area contributed by atoms with Gasteiger partial charge in [-0.25, -0.2) is 4.98 Å². The molecule has 1 aromatic carbocycles. The van der Waals surface area contributed by atoms with Crippen LogP contribution >= 0.6 is 11.6 Å². The van der Waals surface area contributed by atoms with Gasteiger partial charge in [-0.2, -0.15) is 0 Å². The van der Waals surface area contributed by atoms with E-state index in [0.29, 0.717) is 11.0 Å². The fraction of sp³-hybridized carbons (Fsp3) is 0. The van der Waals surface area contributed by atoms with Crippen LogP contribution in [0.2, 0.25) is 5.28 Å². The van der Waals surface area contributed by atoms with Crippen LogP contribution in [0.4, 0.5) is 0 Å². The van der Waals surface area contributed by atoms with E-state index in [9.17, 15) is 4.79 Å². The fourth-order valence-corrected chi connectivity index (χ4v) is 1.96. The van der Waals surface area contributed by atoms with Crippen LogP contribution < -0.4 is 5.56 Å². The van der Waals surface area contributed by atoms with E-state index in [4.69, 9.17) is 11.6 Å². The Bertz CT molecular complexity index is 730. The normalized spacial score (nSPS) is 10.9. The number of benzene rings is 1. The van der Waals surface area contributed by atoms with Crippen LogP contribution in [-0.4, -0.2) is 14.5 Å². The minimum Gasteiger partial charge on any atom is -0.301 e. The molecular formula is C12H8ClN3O. The molecule has 17 heavy (non-hydrogen) atoms. The molecule has 0 spiro atoms. The summed E-state index contributed by atoms with van der Waals surface area (Å²) in [5.41, 5.74) is 1.27. The minimum absolute atomic E-state index is 0.0957. The van der Waals surface area contributed by atoms with E-state index in [-0.39, 0.29) is 10.8 Å². The molecule has 0 bridgehead atoms. The van der Waals surface area contributed by atoms with Crippen molar-refractivity contribution >= 4 is 22.6 Å². The number of aromatic amines is 1. The summed E-state index contributed by atoms with van der Waals surface area (Å²) in [6.07, 6.45) is 1.80. The Morgan fingerprint density at radius 2 is 1.94 bits per heavy atom. The van der Waals surface area contributed by atoms with Gasteiger partial charge in [-0.05, 0) is 29.8 Å². The maximum Gasteiger partial charge on any atom is 0.261 e. The third kappa shape index (κ3) is 1.62. The topological polar surface area (TPSA) is 50.7 Å². The van der Waals surface area contributed by atoms with Crippen molar-refractivity contribution in [3.8, 4) is 5.69 Å². The molecule has 5 heteroatoms. The van der Waals surface area contributed by atoms with E-state index < -0.39 is 0 Å². The molecule has 3 rings (SSSR count). The Labute approximate surface area is 101 Å². The first-order chi connectivity index (χ1) is 8.25. The Balaban J connectivity index is 2.36. The van der Waals surface area contributed by atoms with Gasteiger partial charge in [0.05, 0.1) is 5.39 Å². The number of nitrogens with one attached hydrogen (secondary N) is 1. The van der Waals surface area contributed by atoms with E-state index in [1.807, 2.05) is 34.9 Å². The lowest BCUT2D eigenvalue weighted by molar-refractivity contribution is 1.07. The molecule has 0 aliphatic rings. The van der Waals surface area contributed by atoms with Crippen LogP contribution in [0.15, 0.2) is 47.4 Å². The smallest absolute Gasteiger partial charge is 0.261 e. The Morgan fingerprint density at radius 3 is 2.71 bits per heavy atom. The molecule has 0 aliphatic heterocycles. The third-order valence-corrected chi connectivity index (χ3v) is 2.74. The second kappa shape index (κ2) is 3.75. The first kappa shape index (κ1) is 10.1. The molecule has 0 radical (unpaired) electrons. The molecule has 0 saturated heterocycles. The van der Waals surface area contributed by atoms with Crippen molar-refractivity contribution in [3.63, 3.8) is 0 Å². The van der Waals surface area contributed by atoms with Gasteiger partial charge in [0.1, 0.15) is 0 Å². The second-order valence-corrected chi connectivity index (χ2v) is 3.97. The molecule has 3 aromatic rings. The zero-order valence-electron chi connectivity index (χ0n) is 8.72. The number of rotatable bonds is 1. The van der Waals surface area contributed by atoms with Gasteiger partial charge in [0, 0.05) is 11.9 Å². The molecule has 0 unspecified atom stereocenters. The Morgan fingerprint density at radius 1 is 1.18 bits per heavy atom. The van der Waals surface area contributed by atoms with Gasteiger partial charge < -0.3 is 4.57 Å². The standard InChI is InChI=1S/C12H8ClN3O/c13-12-14-10-9(11(17)15-12)6-7-16(10)8-4-2-1-3-5-8/h1-7H,(H,14,15,17). The molecule has 4 nitrogen and oxygen atoms in total. The molecule has 0 saturated carbocycles. The molecule has 0 aliphatic carbocycles. The third-order valence-electron chi connectivity index (χ3n) is 2.56. The number of hydrogen-bond donors (Lipinski definition) is 1. The van der Waals surface area contributed by atoms with E-state index >= 15 is 0 Å². The fourth-order valence-electron chi connectivity index (χ4n) is 1.79. The predicted octanol–water partition coefficient (Wildman–Crippen LogP) is 2.37. The summed E-state index contributed by atoms with van der Waals surface area (Å²) >= 11 is 5.76. The summed E-state index contributed by atoms with van der Waals surface area (Å²) in [6, 6.07) is 11.4. The van der Waals surface area contributed by atoms with Crippen LogP contribution in [0.1, 0.15) is 0 Å². The average Bonchev–Trinajstić information content (AvgIpc) is 2.74. The van der Waals surface area contributed by atoms with E-state index in [0.717, 1.165) is 5.69 Å². The zero-order chi connectivity index (χ0) is 11.8. The maximum absolute atomic E-state index is 11.7. The average molecular weight is 246 g/mol. The predicted molar refractivity (Wildman–Crippen MR) is 66.7 cm³/mol. The number of H-pyrrole nitrogens is 1. The maximum atomic E-state index is 11.7. The van der Waals surface area contributed by atoms with Gasteiger partial charge in [-0.3, -0.25) is 9.78 Å². The first-order valence-electron chi connectivity index (χ1n) is 5.08. The van der Waals surface area contributed by atoms with Crippen molar-refractivity contribution in [2.75, 3.05) is 0 Å². The van der Waals surface area contributed by atoms with Crippen molar-refractivity contribution in [2.45, 2.75) is 0 Å². The summed E-state index contributed by atoms with van der Waals surface area (Å²) in [4.78, 5) is 18.3. The highest BCUT2D eigenvalue weighted by atomic mass is 35.5. The summed E-state index contributed by atoms with van der Waals surface area (Å²) in [5, 5.41) is 0.622. The monoisotopic (exact) mass is 245 g/mol. The molecular weight excluding hydrogens is 238 g/mol. The molecule has 2 aromatic heterocycles. The van der Waals surface area contributed by atoms with Gasteiger partial charge in [0.15, 0.2) is 5.65 Å². The van der Waals surface area contributed by atoms with Gasteiger partial charge in [0.25, 0.3) is 5.56 Å². The SMILES string of the molecule is O=c1[nH]c(Cl)nc2c1ccn2-c1ccccc1. The Hall–Kier alpha value is -2.07. The number of para-hydroxylation sites is 1. The van der Waals surface area contributed by atoms with Crippen LogP contribution in [0, 0.1) is 0 Å². The zero-order valence-corrected chi connectivity index (χ0v) is 9.48. The van der Waals surface area contributed by atoms with Crippen LogP contribution in [0.5, 0.6) is 0 Å². The number of aromatic nitrogens is 3. The molecule has 0 amide bonds.